The minimum Gasteiger partial charge on any atom is -0.479 e. The number of aliphatic carboxylic acids is 1. The van der Waals surface area contributed by atoms with E-state index in [1.54, 1.807) is 6.92 Å². The maximum Gasteiger partial charge on any atom is 0.334 e. The van der Waals surface area contributed by atoms with E-state index in [1.807, 2.05) is 0 Å². The average molecular weight is 271 g/mol. The summed E-state index contributed by atoms with van der Waals surface area (Å²) in [6.45, 7) is 3.06. The molecule has 0 fully saturated rings. The summed E-state index contributed by atoms with van der Waals surface area (Å²) in [4.78, 5) is 23.5. The molecule has 0 aromatic heterocycles. The SMILES string of the molecule is CCCN(C=O)C(C)(C(=O)O)c1cc(F)ccc1F. The Bertz CT molecular complexity index is 493. The van der Waals surface area contributed by atoms with Crippen LogP contribution in [-0.4, -0.2) is 28.9 Å². The molecule has 0 heterocycles. The molecule has 1 atom stereocenters. The van der Waals surface area contributed by atoms with Crippen molar-refractivity contribution >= 4 is 12.4 Å². The number of hydrogen-bond acceptors (Lipinski definition) is 2. The first kappa shape index (κ1) is 15.1. The van der Waals surface area contributed by atoms with Crippen LogP contribution in [0.4, 0.5) is 8.78 Å². The van der Waals surface area contributed by atoms with Crippen molar-refractivity contribution in [1.29, 1.82) is 0 Å². The van der Waals surface area contributed by atoms with Gasteiger partial charge in [-0.05, 0) is 31.5 Å². The van der Waals surface area contributed by atoms with Crippen molar-refractivity contribution in [3.63, 3.8) is 0 Å². The Morgan fingerprint density at radius 2 is 2.11 bits per heavy atom. The summed E-state index contributed by atoms with van der Waals surface area (Å²) < 4.78 is 27.0. The summed E-state index contributed by atoms with van der Waals surface area (Å²) >= 11 is 0. The van der Waals surface area contributed by atoms with Gasteiger partial charge in [-0.15, -0.1) is 0 Å². The molecule has 1 amide bonds. The normalized spacial score (nSPS) is 13.7. The number of carboxylic acid groups (broad SMARTS) is 1. The topological polar surface area (TPSA) is 57.6 Å². The molecule has 104 valence electrons. The first-order chi connectivity index (χ1) is 8.87. The van der Waals surface area contributed by atoms with Gasteiger partial charge < -0.3 is 10.0 Å². The van der Waals surface area contributed by atoms with Crippen molar-refractivity contribution in [1.82, 2.24) is 4.90 Å². The van der Waals surface area contributed by atoms with Gasteiger partial charge in [-0.2, -0.15) is 0 Å². The summed E-state index contributed by atoms with van der Waals surface area (Å²) in [6, 6.07) is 2.54. The highest BCUT2D eigenvalue weighted by atomic mass is 19.1. The Kier molecular flexibility index (Phi) is 4.58. The Morgan fingerprint density at radius 1 is 1.47 bits per heavy atom. The van der Waals surface area contributed by atoms with Crippen LogP contribution in [0.1, 0.15) is 25.8 Å². The molecule has 19 heavy (non-hydrogen) atoms. The van der Waals surface area contributed by atoms with Crippen LogP contribution in [0.2, 0.25) is 0 Å². The van der Waals surface area contributed by atoms with Gasteiger partial charge in [0.1, 0.15) is 11.6 Å². The summed E-state index contributed by atoms with van der Waals surface area (Å²) in [5, 5.41) is 9.34. The van der Waals surface area contributed by atoms with Gasteiger partial charge in [-0.25, -0.2) is 13.6 Å². The number of carbonyl (C=O) groups excluding carboxylic acids is 1. The van der Waals surface area contributed by atoms with Gasteiger partial charge in [0.25, 0.3) is 0 Å². The van der Waals surface area contributed by atoms with Crippen molar-refractivity contribution in [2.75, 3.05) is 6.54 Å². The van der Waals surface area contributed by atoms with Gasteiger partial charge in [0.05, 0.1) is 0 Å². The van der Waals surface area contributed by atoms with E-state index in [1.165, 1.54) is 6.92 Å². The number of rotatable bonds is 6. The third kappa shape index (κ3) is 2.72. The zero-order valence-electron chi connectivity index (χ0n) is 10.7. The predicted molar refractivity (Wildman–Crippen MR) is 64.4 cm³/mol. The van der Waals surface area contributed by atoms with Crippen LogP contribution in [0.15, 0.2) is 18.2 Å². The van der Waals surface area contributed by atoms with Crippen molar-refractivity contribution in [3.8, 4) is 0 Å². The Hall–Kier alpha value is -1.98. The Balaban J connectivity index is 3.44. The van der Waals surface area contributed by atoms with Crippen molar-refractivity contribution < 1.29 is 23.5 Å². The molecule has 0 radical (unpaired) electrons. The monoisotopic (exact) mass is 271 g/mol. The second-order valence-corrected chi connectivity index (χ2v) is 4.30. The quantitative estimate of drug-likeness (QED) is 0.806. The maximum atomic E-state index is 13.8. The first-order valence-corrected chi connectivity index (χ1v) is 5.78. The van der Waals surface area contributed by atoms with Crippen molar-refractivity contribution in [3.05, 3.63) is 35.4 Å². The fourth-order valence-electron chi connectivity index (χ4n) is 1.89. The predicted octanol–water partition coefficient (Wildman–Crippen LogP) is 2.13. The molecule has 0 aliphatic carbocycles. The molecule has 1 unspecified atom stereocenters. The average Bonchev–Trinajstić information content (AvgIpc) is 2.37. The van der Waals surface area contributed by atoms with Crippen LogP contribution in [-0.2, 0) is 15.1 Å². The first-order valence-electron chi connectivity index (χ1n) is 5.78. The van der Waals surface area contributed by atoms with E-state index < -0.39 is 23.1 Å². The van der Waals surface area contributed by atoms with Gasteiger partial charge in [-0.3, -0.25) is 4.79 Å². The van der Waals surface area contributed by atoms with Gasteiger partial charge >= 0.3 is 5.97 Å². The summed E-state index contributed by atoms with van der Waals surface area (Å²) in [5.74, 6) is -3.04. The third-order valence-electron chi connectivity index (χ3n) is 3.04. The zero-order valence-corrected chi connectivity index (χ0v) is 10.7. The highest BCUT2D eigenvalue weighted by Gasteiger charge is 2.43. The minimum atomic E-state index is -1.94. The summed E-state index contributed by atoms with van der Waals surface area (Å²) in [7, 11) is 0. The van der Waals surface area contributed by atoms with Gasteiger partial charge in [-0.1, -0.05) is 6.92 Å². The zero-order chi connectivity index (χ0) is 14.6. The van der Waals surface area contributed by atoms with E-state index in [4.69, 9.17) is 0 Å². The largest absolute Gasteiger partial charge is 0.479 e. The van der Waals surface area contributed by atoms with Gasteiger partial charge in [0.15, 0.2) is 5.54 Å². The highest BCUT2D eigenvalue weighted by Crippen LogP contribution is 2.30. The molecule has 0 aliphatic rings. The van der Waals surface area contributed by atoms with E-state index >= 15 is 0 Å². The molecule has 0 bridgehead atoms. The fourth-order valence-corrected chi connectivity index (χ4v) is 1.89. The van der Waals surface area contributed by atoms with Crippen LogP contribution < -0.4 is 0 Å². The van der Waals surface area contributed by atoms with Crippen LogP contribution in [0, 0.1) is 11.6 Å². The lowest BCUT2D eigenvalue weighted by Crippen LogP contribution is -2.50. The molecule has 1 rings (SSSR count). The lowest BCUT2D eigenvalue weighted by molar-refractivity contribution is -0.155. The van der Waals surface area contributed by atoms with E-state index in [2.05, 4.69) is 0 Å². The molecule has 0 saturated carbocycles. The fraction of sp³-hybridized carbons (Fsp3) is 0.385. The molecule has 0 spiro atoms. The van der Waals surface area contributed by atoms with Gasteiger partial charge in [0.2, 0.25) is 6.41 Å². The molecular formula is C13H15F2NO3. The number of halogens is 2. The van der Waals surface area contributed by atoms with Crippen molar-refractivity contribution in [2.24, 2.45) is 0 Å². The van der Waals surface area contributed by atoms with Crippen LogP contribution in [0.25, 0.3) is 0 Å². The van der Waals surface area contributed by atoms with E-state index in [0.717, 1.165) is 23.1 Å². The number of carboxylic acids is 1. The molecule has 0 saturated heterocycles. The maximum absolute atomic E-state index is 13.8. The number of benzene rings is 1. The molecular weight excluding hydrogens is 256 g/mol. The van der Waals surface area contributed by atoms with Crippen molar-refractivity contribution in [2.45, 2.75) is 25.8 Å². The summed E-state index contributed by atoms with van der Waals surface area (Å²) in [5.41, 5.74) is -2.32. The molecule has 0 aliphatic heterocycles. The molecule has 1 aromatic carbocycles. The van der Waals surface area contributed by atoms with E-state index in [0.29, 0.717) is 12.8 Å². The summed E-state index contributed by atoms with van der Waals surface area (Å²) in [6.07, 6.45) is 0.834. The molecule has 1 aromatic rings. The van der Waals surface area contributed by atoms with Crippen LogP contribution in [0.3, 0.4) is 0 Å². The molecule has 1 N–H and O–H groups in total. The van der Waals surface area contributed by atoms with Gasteiger partial charge in [0, 0.05) is 12.1 Å². The van der Waals surface area contributed by atoms with E-state index in [9.17, 15) is 23.5 Å². The highest BCUT2D eigenvalue weighted by molar-refractivity contribution is 5.83. The number of carbonyl (C=O) groups is 2. The standard InChI is InChI=1S/C13H15F2NO3/c1-3-6-16(8-17)13(2,12(18)19)10-7-9(14)4-5-11(10)15/h4-5,7-8H,3,6H2,1-2H3,(H,18,19). The third-order valence-corrected chi connectivity index (χ3v) is 3.04. The Morgan fingerprint density at radius 3 is 2.58 bits per heavy atom. The number of hydrogen-bond donors (Lipinski definition) is 1. The second-order valence-electron chi connectivity index (χ2n) is 4.30. The number of nitrogens with zero attached hydrogens (tertiary/aromatic N) is 1. The number of amides is 1. The van der Waals surface area contributed by atoms with Crippen LogP contribution >= 0.6 is 0 Å². The minimum absolute atomic E-state index is 0.127. The lowest BCUT2D eigenvalue weighted by Gasteiger charge is -2.35. The molecule has 4 nitrogen and oxygen atoms in total. The smallest absolute Gasteiger partial charge is 0.334 e. The molecule has 6 heteroatoms. The second kappa shape index (κ2) is 5.77. The Labute approximate surface area is 109 Å². The lowest BCUT2D eigenvalue weighted by atomic mass is 9.89. The van der Waals surface area contributed by atoms with E-state index in [-0.39, 0.29) is 12.1 Å². The van der Waals surface area contributed by atoms with Crippen LogP contribution in [0.5, 0.6) is 0 Å².